The molecule has 1 heterocycles. The highest BCUT2D eigenvalue weighted by atomic mass is 32.2. The van der Waals surface area contributed by atoms with Crippen LogP contribution in [0.15, 0.2) is 71.6 Å². The van der Waals surface area contributed by atoms with Crippen LogP contribution < -0.4 is 5.32 Å². The van der Waals surface area contributed by atoms with Crippen molar-refractivity contribution < 1.29 is 9.59 Å². The van der Waals surface area contributed by atoms with Crippen LogP contribution in [0.4, 0.5) is 5.69 Å². The van der Waals surface area contributed by atoms with E-state index in [4.69, 9.17) is 0 Å². The molecule has 4 nitrogen and oxygen atoms in total. The van der Waals surface area contributed by atoms with Crippen molar-refractivity contribution in [1.29, 1.82) is 0 Å². The number of carbonyl (C=O) groups is 2. The molecule has 2 amide bonds. The monoisotopic (exact) mass is 404 g/mol. The van der Waals surface area contributed by atoms with Crippen LogP contribution >= 0.6 is 11.8 Å². The van der Waals surface area contributed by atoms with E-state index in [2.05, 4.69) is 29.6 Å². The molecule has 4 rings (SSSR count). The van der Waals surface area contributed by atoms with E-state index in [9.17, 15) is 9.59 Å². The van der Waals surface area contributed by atoms with Gasteiger partial charge in [-0.2, -0.15) is 0 Å². The van der Waals surface area contributed by atoms with Crippen LogP contribution in [0, 0.1) is 0 Å². The highest BCUT2D eigenvalue weighted by molar-refractivity contribution is 8.00. The number of anilines is 1. The second kappa shape index (κ2) is 9.14. The first-order chi connectivity index (χ1) is 14.2. The van der Waals surface area contributed by atoms with Crippen molar-refractivity contribution in [2.24, 2.45) is 0 Å². The van der Waals surface area contributed by atoms with Crippen LogP contribution in [0.5, 0.6) is 0 Å². The van der Waals surface area contributed by atoms with Gasteiger partial charge in [0.1, 0.15) is 0 Å². The molecule has 29 heavy (non-hydrogen) atoms. The van der Waals surface area contributed by atoms with Gasteiger partial charge in [-0.3, -0.25) is 9.59 Å². The SMILES string of the molecule is O=C(CSc1ccc2ccccc2c1)Nc1ccccc1C(=O)N1CCCCC1. The van der Waals surface area contributed by atoms with Gasteiger partial charge in [0.25, 0.3) is 5.91 Å². The van der Waals surface area contributed by atoms with Gasteiger partial charge in [-0.15, -0.1) is 11.8 Å². The maximum atomic E-state index is 12.9. The van der Waals surface area contributed by atoms with Crippen LogP contribution in [0.2, 0.25) is 0 Å². The Balaban J connectivity index is 1.41. The van der Waals surface area contributed by atoms with Gasteiger partial charge in [0, 0.05) is 18.0 Å². The Morgan fingerprint density at radius 1 is 0.862 bits per heavy atom. The van der Waals surface area contributed by atoms with E-state index in [0.717, 1.165) is 36.2 Å². The largest absolute Gasteiger partial charge is 0.339 e. The fraction of sp³-hybridized carbons (Fsp3) is 0.250. The quantitative estimate of drug-likeness (QED) is 0.595. The Morgan fingerprint density at radius 2 is 1.59 bits per heavy atom. The molecule has 1 saturated heterocycles. The van der Waals surface area contributed by atoms with Gasteiger partial charge in [0.2, 0.25) is 5.91 Å². The maximum absolute atomic E-state index is 12.9. The summed E-state index contributed by atoms with van der Waals surface area (Å²) in [5.74, 6) is 0.190. The number of benzene rings is 3. The third kappa shape index (κ3) is 4.80. The third-order valence-corrected chi connectivity index (χ3v) is 6.16. The molecule has 0 radical (unpaired) electrons. The zero-order valence-electron chi connectivity index (χ0n) is 16.3. The van der Waals surface area contributed by atoms with Crippen molar-refractivity contribution in [1.82, 2.24) is 4.90 Å². The summed E-state index contributed by atoms with van der Waals surface area (Å²) in [5, 5.41) is 5.28. The standard InChI is InChI=1S/C24H24N2O2S/c27-23(17-29-20-13-12-18-8-2-3-9-19(18)16-20)25-22-11-5-4-10-21(22)24(28)26-14-6-1-7-15-26/h2-5,8-13,16H,1,6-7,14-15,17H2,(H,25,27). The zero-order chi connectivity index (χ0) is 20.1. The number of nitrogens with one attached hydrogen (secondary N) is 1. The van der Waals surface area contributed by atoms with Crippen LogP contribution in [0.25, 0.3) is 10.8 Å². The van der Waals surface area contributed by atoms with Crippen molar-refractivity contribution >= 4 is 40.0 Å². The predicted octanol–water partition coefficient (Wildman–Crippen LogP) is 5.20. The third-order valence-electron chi connectivity index (χ3n) is 5.17. The van der Waals surface area contributed by atoms with Gasteiger partial charge in [-0.25, -0.2) is 0 Å². The number of rotatable bonds is 5. The van der Waals surface area contributed by atoms with E-state index in [1.165, 1.54) is 23.6 Å². The summed E-state index contributed by atoms with van der Waals surface area (Å²) in [7, 11) is 0. The van der Waals surface area contributed by atoms with Crippen LogP contribution in [0.1, 0.15) is 29.6 Å². The molecular weight excluding hydrogens is 380 g/mol. The number of carbonyl (C=O) groups excluding carboxylic acids is 2. The molecule has 5 heteroatoms. The van der Waals surface area contributed by atoms with Crippen molar-refractivity contribution in [2.75, 3.05) is 24.2 Å². The van der Waals surface area contributed by atoms with E-state index < -0.39 is 0 Å². The average Bonchev–Trinajstić information content (AvgIpc) is 2.78. The van der Waals surface area contributed by atoms with E-state index in [1.807, 2.05) is 35.2 Å². The van der Waals surface area contributed by atoms with E-state index in [1.54, 1.807) is 12.1 Å². The van der Waals surface area contributed by atoms with Gasteiger partial charge >= 0.3 is 0 Å². The number of hydrogen-bond donors (Lipinski definition) is 1. The molecule has 0 spiro atoms. The number of thioether (sulfide) groups is 1. The minimum Gasteiger partial charge on any atom is -0.339 e. The predicted molar refractivity (Wildman–Crippen MR) is 119 cm³/mol. The van der Waals surface area contributed by atoms with Crippen LogP contribution in [-0.2, 0) is 4.79 Å². The number of hydrogen-bond acceptors (Lipinski definition) is 3. The number of amides is 2. The second-order valence-electron chi connectivity index (χ2n) is 7.24. The van der Waals surface area contributed by atoms with Crippen molar-refractivity contribution in [3.05, 3.63) is 72.3 Å². The molecule has 0 unspecified atom stereocenters. The molecule has 3 aromatic carbocycles. The van der Waals surface area contributed by atoms with Crippen LogP contribution in [-0.4, -0.2) is 35.6 Å². The summed E-state index contributed by atoms with van der Waals surface area (Å²) in [5.41, 5.74) is 1.16. The van der Waals surface area contributed by atoms with Gasteiger partial charge in [-0.05, 0) is 54.3 Å². The molecule has 1 aliphatic heterocycles. The number of para-hydroxylation sites is 1. The number of nitrogens with zero attached hydrogens (tertiary/aromatic N) is 1. The van der Waals surface area contributed by atoms with Crippen molar-refractivity contribution in [3.63, 3.8) is 0 Å². The minimum atomic E-state index is -0.109. The fourth-order valence-corrected chi connectivity index (χ4v) is 4.38. The summed E-state index contributed by atoms with van der Waals surface area (Å²) in [6, 6.07) is 21.7. The molecular formula is C24H24N2O2S. The first-order valence-electron chi connectivity index (χ1n) is 10.0. The molecule has 0 atom stereocenters. The number of piperidine rings is 1. The lowest BCUT2D eigenvalue weighted by Gasteiger charge is -2.27. The van der Waals surface area contributed by atoms with E-state index in [0.29, 0.717) is 17.0 Å². The number of fused-ring (bicyclic) bond motifs is 1. The Morgan fingerprint density at radius 3 is 2.41 bits per heavy atom. The minimum absolute atomic E-state index is 0.00258. The van der Waals surface area contributed by atoms with Gasteiger partial charge in [-0.1, -0.05) is 42.5 Å². The molecule has 3 aromatic rings. The first-order valence-corrected chi connectivity index (χ1v) is 11.0. The molecule has 0 aromatic heterocycles. The van der Waals surface area contributed by atoms with Gasteiger partial charge in [0.15, 0.2) is 0 Å². The Kier molecular flexibility index (Phi) is 6.15. The first kappa shape index (κ1) is 19.5. The molecule has 1 N–H and O–H groups in total. The Labute approximate surface area is 175 Å². The lowest BCUT2D eigenvalue weighted by atomic mass is 10.1. The lowest BCUT2D eigenvalue weighted by Crippen LogP contribution is -2.36. The summed E-state index contributed by atoms with van der Waals surface area (Å²) in [6.45, 7) is 1.58. The Bertz CT molecular complexity index is 1030. The van der Waals surface area contributed by atoms with Gasteiger partial charge in [0.05, 0.1) is 17.0 Å². The smallest absolute Gasteiger partial charge is 0.255 e. The Hall–Kier alpha value is -2.79. The highest BCUT2D eigenvalue weighted by Gasteiger charge is 2.21. The second-order valence-corrected chi connectivity index (χ2v) is 8.29. The molecule has 0 aliphatic carbocycles. The molecule has 1 fully saturated rings. The molecule has 1 aliphatic rings. The normalized spacial score (nSPS) is 14.0. The molecule has 148 valence electrons. The summed E-state index contributed by atoms with van der Waals surface area (Å²) >= 11 is 1.50. The van der Waals surface area contributed by atoms with Crippen molar-refractivity contribution in [2.45, 2.75) is 24.2 Å². The van der Waals surface area contributed by atoms with E-state index >= 15 is 0 Å². The molecule has 0 saturated carbocycles. The maximum Gasteiger partial charge on any atom is 0.255 e. The average molecular weight is 405 g/mol. The fourth-order valence-electron chi connectivity index (χ4n) is 3.64. The summed E-state index contributed by atoms with van der Waals surface area (Å²) in [4.78, 5) is 28.4. The van der Waals surface area contributed by atoms with Gasteiger partial charge < -0.3 is 10.2 Å². The summed E-state index contributed by atoms with van der Waals surface area (Å²) < 4.78 is 0. The summed E-state index contributed by atoms with van der Waals surface area (Å²) in [6.07, 6.45) is 3.26. The lowest BCUT2D eigenvalue weighted by molar-refractivity contribution is -0.113. The molecule has 0 bridgehead atoms. The highest BCUT2D eigenvalue weighted by Crippen LogP contribution is 2.25. The topological polar surface area (TPSA) is 49.4 Å². The van der Waals surface area contributed by atoms with E-state index in [-0.39, 0.29) is 11.8 Å². The van der Waals surface area contributed by atoms with Crippen molar-refractivity contribution in [3.8, 4) is 0 Å². The van der Waals surface area contributed by atoms with Crippen LogP contribution in [0.3, 0.4) is 0 Å². The number of likely N-dealkylation sites (tertiary alicyclic amines) is 1. The zero-order valence-corrected chi connectivity index (χ0v) is 17.1.